The van der Waals surface area contributed by atoms with Gasteiger partial charge in [0.15, 0.2) is 0 Å². The fraction of sp³-hybridized carbons (Fsp3) is 0.182. The summed E-state index contributed by atoms with van der Waals surface area (Å²) in [5, 5.41) is 9.51. The average Bonchev–Trinajstić information content (AvgIpc) is 2.14. The molecule has 1 rings (SSSR count). The highest BCUT2D eigenvalue weighted by Gasteiger charge is 2.14. The number of nitrogens with zero attached hydrogens (tertiary/aromatic N) is 1. The molecule has 0 bridgehead atoms. The Bertz CT molecular complexity index is 444. The zero-order chi connectivity index (χ0) is 12.3. The number of carboxylic acid groups (broad SMARTS) is 1. The first-order valence-corrected chi connectivity index (χ1v) is 5.66. The number of benzene rings is 1. The van der Waals surface area contributed by atoms with Crippen molar-refractivity contribution in [1.29, 1.82) is 0 Å². The molecule has 1 aromatic rings. The van der Waals surface area contributed by atoms with Crippen molar-refractivity contribution in [3.8, 4) is 0 Å². The highest BCUT2D eigenvalue weighted by Crippen LogP contribution is 2.27. The van der Waals surface area contributed by atoms with Gasteiger partial charge in [-0.1, -0.05) is 33.6 Å². The molecule has 3 nitrogen and oxygen atoms in total. The summed E-state index contributed by atoms with van der Waals surface area (Å²) in [4.78, 5) is 12.8. The molecule has 0 saturated heterocycles. The van der Waals surface area contributed by atoms with Crippen molar-refractivity contribution >= 4 is 39.1 Å². The van der Waals surface area contributed by atoms with Gasteiger partial charge in [0.25, 0.3) is 0 Å². The molecule has 0 spiro atoms. The normalized spacial score (nSPS) is 11.4. The number of rotatable bonds is 3. The number of carbonyl (C=O) groups is 1. The summed E-state index contributed by atoms with van der Waals surface area (Å²) >= 11 is 9.27. The monoisotopic (exact) mass is 303 g/mol. The molecule has 5 heteroatoms. The van der Waals surface area contributed by atoms with Gasteiger partial charge in [-0.15, -0.1) is 0 Å². The fourth-order valence-corrected chi connectivity index (χ4v) is 1.98. The smallest absolute Gasteiger partial charge is 0.337 e. The van der Waals surface area contributed by atoms with E-state index in [0.29, 0.717) is 10.6 Å². The SMILES string of the molecule is CN(C)C=C(C(=O)O)c1ccc(Br)cc1Cl. The number of halogens is 2. The Labute approximate surface area is 107 Å². The van der Waals surface area contributed by atoms with Crippen LogP contribution in [-0.4, -0.2) is 30.1 Å². The maximum absolute atomic E-state index is 11.1. The second-order valence-electron chi connectivity index (χ2n) is 3.44. The van der Waals surface area contributed by atoms with E-state index < -0.39 is 5.97 Å². The molecular weight excluding hydrogens is 293 g/mol. The lowest BCUT2D eigenvalue weighted by molar-refractivity contribution is -0.130. The lowest BCUT2D eigenvalue weighted by Crippen LogP contribution is -2.08. The third-order valence-electron chi connectivity index (χ3n) is 1.84. The first kappa shape index (κ1) is 13.1. The second-order valence-corrected chi connectivity index (χ2v) is 4.76. The Morgan fingerprint density at radius 3 is 2.56 bits per heavy atom. The van der Waals surface area contributed by atoms with Crippen LogP contribution in [0.4, 0.5) is 0 Å². The first-order chi connectivity index (χ1) is 7.41. The van der Waals surface area contributed by atoms with Gasteiger partial charge in [-0.05, 0) is 12.1 Å². The van der Waals surface area contributed by atoms with Crippen molar-refractivity contribution < 1.29 is 9.90 Å². The Morgan fingerprint density at radius 1 is 1.50 bits per heavy atom. The van der Waals surface area contributed by atoms with E-state index >= 15 is 0 Å². The minimum atomic E-state index is -1.00. The van der Waals surface area contributed by atoms with Crippen molar-refractivity contribution in [3.05, 3.63) is 39.5 Å². The van der Waals surface area contributed by atoms with Crippen LogP contribution < -0.4 is 0 Å². The molecule has 1 N–H and O–H groups in total. The van der Waals surface area contributed by atoms with Crippen LogP contribution in [-0.2, 0) is 4.79 Å². The largest absolute Gasteiger partial charge is 0.478 e. The third-order valence-corrected chi connectivity index (χ3v) is 2.64. The maximum Gasteiger partial charge on any atom is 0.337 e. The summed E-state index contributed by atoms with van der Waals surface area (Å²) in [5.41, 5.74) is 0.675. The predicted molar refractivity (Wildman–Crippen MR) is 68.5 cm³/mol. The molecule has 0 aliphatic heterocycles. The summed E-state index contributed by atoms with van der Waals surface area (Å²) in [7, 11) is 3.52. The molecule has 0 aliphatic rings. The van der Waals surface area contributed by atoms with Gasteiger partial charge >= 0.3 is 5.97 Å². The Hall–Kier alpha value is -1.000. The van der Waals surface area contributed by atoms with Crippen LogP contribution in [0.15, 0.2) is 28.9 Å². The van der Waals surface area contributed by atoms with Gasteiger partial charge in [-0.25, -0.2) is 4.79 Å². The number of aliphatic carboxylic acids is 1. The van der Waals surface area contributed by atoms with Crippen LogP contribution >= 0.6 is 27.5 Å². The zero-order valence-corrected chi connectivity index (χ0v) is 11.2. The van der Waals surface area contributed by atoms with Gasteiger partial charge in [0, 0.05) is 35.4 Å². The van der Waals surface area contributed by atoms with Crippen molar-refractivity contribution in [1.82, 2.24) is 4.90 Å². The molecule has 0 aromatic heterocycles. The quantitative estimate of drug-likeness (QED) is 0.872. The van der Waals surface area contributed by atoms with E-state index in [9.17, 15) is 4.79 Å². The molecule has 86 valence electrons. The zero-order valence-electron chi connectivity index (χ0n) is 8.87. The summed E-state index contributed by atoms with van der Waals surface area (Å²) in [6.07, 6.45) is 1.53. The van der Waals surface area contributed by atoms with Gasteiger partial charge in [0.05, 0.1) is 5.57 Å². The van der Waals surface area contributed by atoms with Crippen LogP contribution in [0.3, 0.4) is 0 Å². The van der Waals surface area contributed by atoms with Crippen LogP contribution in [0.5, 0.6) is 0 Å². The van der Waals surface area contributed by atoms with E-state index in [1.54, 1.807) is 37.2 Å². The summed E-state index contributed by atoms with van der Waals surface area (Å²) in [6, 6.07) is 5.10. The molecule has 0 unspecified atom stereocenters. The van der Waals surface area contributed by atoms with Gasteiger partial charge < -0.3 is 10.0 Å². The van der Waals surface area contributed by atoms with E-state index in [2.05, 4.69) is 15.9 Å². The van der Waals surface area contributed by atoms with Crippen LogP contribution in [0.1, 0.15) is 5.56 Å². The van der Waals surface area contributed by atoms with E-state index in [4.69, 9.17) is 16.7 Å². The topological polar surface area (TPSA) is 40.5 Å². The molecule has 0 heterocycles. The predicted octanol–water partition coefficient (Wildman–Crippen LogP) is 3.09. The minimum Gasteiger partial charge on any atom is -0.478 e. The first-order valence-electron chi connectivity index (χ1n) is 4.49. The van der Waals surface area contributed by atoms with Crippen molar-refractivity contribution in [3.63, 3.8) is 0 Å². The Kier molecular flexibility index (Phi) is 4.38. The van der Waals surface area contributed by atoms with Gasteiger partial charge in [0.1, 0.15) is 0 Å². The van der Waals surface area contributed by atoms with Gasteiger partial charge in [-0.2, -0.15) is 0 Å². The van der Waals surface area contributed by atoms with E-state index in [1.165, 1.54) is 6.20 Å². The van der Waals surface area contributed by atoms with Crippen LogP contribution in [0.2, 0.25) is 5.02 Å². The van der Waals surface area contributed by atoms with Gasteiger partial charge in [-0.3, -0.25) is 0 Å². The Balaban J connectivity index is 3.27. The molecular formula is C11H11BrClNO2. The summed E-state index contributed by atoms with van der Waals surface area (Å²) in [5.74, 6) is -1.00. The lowest BCUT2D eigenvalue weighted by Gasteiger charge is -2.10. The standard InChI is InChI=1S/C11H11BrClNO2/c1-14(2)6-9(11(15)16)8-4-3-7(12)5-10(8)13/h3-6H,1-2H3,(H,15,16). The summed E-state index contributed by atoms with van der Waals surface area (Å²) in [6.45, 7) is 0. The van der Waals surface area contributed by atoms with Crippen molar-refractivity contribution in [2.24, 2.45) is 0 Å². The maximum atomic E-state index is 11.1. The van der Waals surface area contributed by atoms with Gasteiger partial charge in [0.2, 0.25) is 0 Å². The van der Waals surface area contributed by atoms with E-state index in [1.807, 2.05) is 0 Å². The number of hydrogen-bond acceptors (Lipinski definition) is 2. The molecule has 16 heavy (non-hydrogen) atoms. The minimum absolute atomic E-state index is 0.169. The number of hydrogen-bond donors (Lipinski definition) is 1. The molecule has 0 fully saturated rings. The average molecular weight is 305 g/mol. The fourth-order valence-electron chi connectivity index (χ4n) is 1.21. The van der Waals surface area contributed by atoms with E-state index in [-0.39, 0.29) is 5.57 Å². The van der Waals surface area contributed by atoms with E-state index in [0.717, 1.165) is 4.47 Å². The molecule has 0 atom stereocenters. The molecule has 1 aromatic carbocycles. The van der Waals surface area contributed by atoms with Crippen molar-refractivity contribution in [2.75, 3.05) is 14.1 Å². The molecule has 0 saturated carbocycles. The van der Waals surface area contributed by atoms with Crippen LogP contribution in [0.25, 0.3) is 5.57 Å². The molecule has 0 aliphatic carbocycles. The summed E-state index contributed by atoms with van der Waals surface area (Å²) < 4.78 is 0.816. The molecule has 0 radical (unpaired) electrons. The highest BCUT2D eigenvalue weighted by atomic mass is 79.9. The molecule has 0 amide bonds. The Morgan fingerprint density at radius 2 is 2.12 bits per heavy atom. The second kappa shape index (κ2) is 5.37. The van der Waals surface area contributed by atoms with Crippen LogP contribution in [0, 0.1) is 0 Å². The van der Waals surface area contributed by atoms with Crippen molar-refractivity contribution in [2.45, 2.75) is 0 Å². The number of carboxylic acids is 1. The third kappa shape index (κ3) is 3.25. The highest BCUT2D eigenvalue weighted by molar-refractivity contribution is 9.10. The lowest BCUT2D eigenvalue weighted by atomic mass is 10.1.